The Balaban J connectivity index is 2.13. The Hall–Kier alpha value is -2.66. The zero-order valence-corrected chi connectivity index (χ0v) is 16.5. The zero-order chi connectivity index (χ0) is 22.0. The average Bonchev–Trinajstić information content (AvgIpc) is 2.68. The van der Waals surface area contributed by atoms with Crippen LogP contribution in [0, 0.1) is 0 Å². The largest absolute Gasteiger partial charge is 0.494 e. The van der Waals surface area contributed by atoms with Crippen LogP contribution in [0.2, 0.25) is 0 Å². The lowest BCUT2D eigenvalue weighted by molar-refractivity contribution is -0.135. The van der Waals surface area contributed by atoms with Gasteiger partial charge < -0.3 is 25.7 Å². The second-order valence-electron chi connectivity index (χ2n) is 8.04. The van der Waals surface area contributed by atoms with Crippen molar-refractivity contribution in [1.29, 1.82) is 0 Å². The Kier molecular flexibility index (Phi) is 6.61. The summed E-state index contributed by atoms with van der Waals surface area (Å²) in [6, 6.07) is -1.16. The van der Waals surface area contributed by atoms with Crippen molar-refractivity contribution < 1.29 is 30.0 Å². The fourth-order valence-electron chi connectivity index (χ4n) is 4.41. The monoisotopic (exact) mass is 425 g/mol. The molecule has 3 rings (SSSR count). The molecule has 0 aliphatic heterocycles. The first kappa shape index (κ1) is 22.0. The molecular weight excluding hydrogens is 398 g/mol. The molecule has 2 saturated carbocycles. The number of hydrogen-bond acceptors (Lipinski definition) is 7. The maximum absolute atomic E-state index is 13.2. The van der Waals surface area contributed by atoms with Crippen molar-refractivity contribution >= 4 is 11.9 Å². The molecule has 0 aromatic carbocycles. The van der Waals surface area contributed by atoms with Crippen LogP contribution >= 0.6 is 0 Å². The molecule has 166 valence electrons. The number of aromatic nitrogens is 2. The number of aromatic hydroxyl groups is 1. The predicted molar refractivity (Wildman–Crippen MR) is 104 cm³/mol. The second kappa shape index (κ2) is 9.00. The van der Waals surface area contributed by atoms with Crippen molar-refractivity contribution in [3.63, 3.8) is 0 Å². The molecule has 0 bridgehead atoms. The van der Waals surface area contributed by atoms with Crippen LogP contribution in [0.25, 0.3) is 0 Å². The van der Waals surface area contributed by atoms with Gasteiger partial charge in [0.2, 0.25) is 5.88 Å². The van der Waals surface area contributed by atoms with Crippen LogP contribution in [0.3, 0.4) is 0 Å². The Bertz CT molecular complexity index is 929. The number of carbonyl (C=O) groups is 2. The predicted octanol–water partition coefficient (Wildman–Crippen LogP) is -0.518. The van der Waals surface area contributed by atoms with Gasteiger partial charge >= 0.3 is 11.7 Å². The van der Waals surface area contributed by atoms with E-state index in [4.69, 9.17) is 5.11 Å². The van der Waals surface area contributed by atoms with Gasteiger partial charge in [-0.05, 0) is 51.4 Å². The number of aliphatic carboxylic acids is 1. The molecule has 1 aromatic rings. The van der Waals surface area contributed by atoms with Crippen LogP contribution in [0.5, 0.6) is 5.88 Å². The van der Waals surface area contributed by atoms with E-state index in [2.05, 4.69) is 5.32 Å². The number of carboxylic acid groups (broad SMARTS) is 1. The van der Waals surface area contributed by atoms with E-state index in [1.165, 1.54) is 0 Å². The molecule has 2 aliphatic carbocycles. The van der Waals surface area contributed by atoms with Crippen LogP contribution in [-0.2, 0) is 4.79 Å². The van der Waals surface area contributed by atoms with Gasteiger partial charge in [-0.15, -0.1) is 0 Å². The van der Waals surface area contributed by atoms with Crippen molar-refractivity contribution in [2.24, 2.45) is 0 Å². The van der Waals surface area contributed by atoms with E-state index in [-0.39, 0.29) is 6.42 Å². The molecular formula is C19H27N3O8. The minimum atomic E-state index is -1.33. The molecule has 0 unspecified atom stereocenters. The second-order valence-corrected chi connectivity index (χ2v) is 8.04. The van der Waals surface area contributed by atoms with E-state index < -0.39 is 65.4 Å². The fourth-order valence-corrected chi connectivity index (χ4v) is 4.41. The molecule has 1 heterocycles. The van der Waals surface area contributed by atoms with E-state index in [9.17, 15) is 34.5 Å². The molecule has 30 heavy (non-hydrogen) atoms. The summed E-state index contributed by atoms with van der Waals surface area (Å²) in [5.74, 6) is -3.22. The molecule has 0 saturated heterocycles. The Morgan fingerprint density at radius 1 is 0.933 bits per heavy atom. The fraction of sp³-hybridized carbons (Fsp3) is 0.684. The molecule has 2 fully saturated rings. The molecule has 2 aliphatic rings. The highest BCUT2D eigenvalue weighted by atomic mass is 16.4. The summed E-state index contributed by atoms with van der Waals surface area (Å²) < 4.78 is 1.91. The summed E-state index contributed by atoms with van der Waals surface area (Å²) in [5, 5.41) is 41.3. The highest BCUT2D eigenvalue weighted by molar-refractivity contribution is 5.97. The topological polar surface area (TPSA) is 171 Å². The van der Waals surface area contributed by atoms with Gasteiger partial charge in [-0.25, -0.2) is 4.79 Å². The normalized spacial score (nSPS) is 26.9. The molecule has 11 nitrogen and oxygen atoms in total. The van der Waals surface area contributed by atoms with Crippen molar-refractivity contribution in [1.82, 2.24) is 14.5 Å². The number of aliphatic hydroxyl groups is 2. The molecule has 1 amide bonds. The maximum atomic E-state index is 13.2. The van der Waals surface area contributed by atoms with Crippen molar-refractivity contribution in [3.05, 3.63) is 26.4 Å². The SMILES string of the molecule is O=C(O)CNC(=O)c1c(O)n(C2CCC(O)CC2)c(=O)n([C@H]2CCC[C@H](O)C2)c1=O. The zero-order valence-electron chi connectivity index (χ0n) is 16.5. The molecule has 5 N–H and O–H groups in total. The number of hydrogen-bond donors (Lipinski definition) is 5. The number of amides is 1. The third kappa shape index (κ3) is 4.41. The first-order valence-electron chi connectivity index (χ1n) is 10.2. The summed E-state index contributed by atoms with van der Waals surface area (Å²) in [7, 11) is 0. The van der Waals surface area contributed by atoms with Crippen LogP contribution in [0.1, 0.15) is 73.8 Å². The van der Waals surface area contributed by atoms with E-state index in [1.807, 2.05) is 0 Å². The van der Waals surface area contributed by atoms with Gasteiger partial charge in [0.15, 0.2) is 5.56 Å². The number of carboxylic acids is 1. The molecule has 1 aromatic heterocycles. The smallest absolute Gasteiger partial charge is 0.334 e. The van der Waals surface area contributed by atoms with Gasteiger partial charge in [-0.3, -0.25) is 23.5 Å². The number of aliphatic hydroxyl groups excluding tert-OH is 2. The summed E-state index contributed by atoms with van der Waals surface area (Å²) in [6.45, 7) is -0.755. The molecule has 11 heteroatoms. The lowest BCUT2D eigenvalue weighted by Crippen LogP contribution is -2.48. The van der Waals surface area contributed by atoms with E-state index in [0.717, 1.165) is 9.13 Å². The summed E-state index contributed by atoms with van der Waals surface area (Å²) >= 11 is 0. The van der Waals surface area contributed by atoms with Gasteiger partial charge in [-0.1, -0.05) is 0 Å². The average molecular weight is 425 g/mol. The number of rotatable bonds is 5. The standard InChI is InChI=1S/C19H27N3O8/c23-12-6-4-10(5-7-12)21-17(28)15(16(27)20-9-14(25)26)18(29)22(19(21)30)11-2-1-3-13(24)8-11/h10-13,23-24,28H,1-9H2,(H,20,27)(H,25,26)/t10?,11-,12?,13-/m0/s1. The Labute approximate surface area is 171 Å². The number of nitrogens with zero attached hydrogens (tertiary/aromatic N) is 2. The highest BCUT2D eigenvalue weighted by Gasteiger charge is 2.33. The quantitative estimate of drug-likeness (QED) is 0.419. The minimum absolute atomic E-state index is 0.166. The highest BCUT2D eigenvalue weighted by Crippen LogP contribution is 2.32. The summed E-state index contributed by atoms with van der Waals surface area (Å²) in [5.41, 5.74) is -2.47. The first-order valence-corrected chi connectivity index (χ1v) is 10.2. The van der Waals surface area contributed by atoms with Gasteiger partial charge in [0.05, 0.1) is 12.2 Å². The Morgan fingerprint density at radius 3 is 2.20 bits per heavy atom. The van der Waals surface area contributed by atoms with Gasteiger partial charge in [0.25, 0.3) is 11.5 Å². The Morgan fingerprint density at radius 2 is 1.60 bits per heavy atom. The van der Waals surface area contributed by atoms with Crippen LogP contribution < -0.4 is 16.6 Å². The van der Waals surface area contributed by atoms with Gasteiger partial charge in [0, 0.05) is 12.1 Å². The van der Waals surface area contributed by atoms with E-state index in [1.54, 1.807) is 0 Å². The molecule has 0 spiro atoms. The molecule has 2 atom stereocenters. The van der Waals surface area contributed by atoms with Crippen LogP contribution in [-0.4, -0.2) is 60.2 Å². The first-order chi connectivity index (χ1) is 14.2. The number of nitrogens with one attached hydrogen (secondary N) is 1. The van der Waals surface area contributed by atoms with Crippen molar-refractivity contribution in [2.75, 3.05) is 6.54 Å². The summed E-state index contributed by atoms with van der Waals surface area (Å²) in [6.07, 6.45) is 2.10. The van der Waals surface area contributed by atoms with Crippen molar-refractivity contribution in [2.45, 2.75) is 75.7 Å². The lowest BCUT2D eigenvalue weighted by Gasteiger charge is -2.31. The van der Waals surface area contributed by atoms with Crippen LogP contribution in [0.15, 0.2) is 9.59 Å². The summed E-state index contributed by atoms with van der Waals surface area (Å²) in [4.78, 5) is 49.6. The van der Waals surface area contributed by atoms with Crippen molar-refractivity contribution in [3.8, 4) is 5.88 Å². The maximum Gasteiger partial charge on any atom is 0.334 e. The van der Waals surface area contributed by atoms with Gasteiger partial charge in [0.1, 0.15) is 6.54 Å². The minimum Gasteiger partial charge on any atom is -0.494 e. The van der Waals surface area contributed by atoms with Gasteiger partial charge in [-0.2, -0.15) is 0 Å². The third-order valence-corrected chi connectivity index (χ3v) is 5.94. The van der Waals surface area contributed by atoms with Crippen LogP contribution in [0.4, 0.5) is 0 Å². The molecule has 0 radical (unpaired) electrons. The lowest BCUT2D eigenvalue weighted by atomic mass is 9.92. The number of carbonyl (C=O) groups excluding carboxylic acids is 1. The van der Waals surface area contributed by atoms with E-state index in [0.29, 0.717) is 44.9 Å². The third-order valence-electron chi connectivity index (χ3n) is 5.94. The van der Waals surface area contributed by atoms with E-state index >= 15 is 0 Å².